The van der Waals surface area contributed by atoms with Gasteiger partial charge in [0, 0.05) is 15.6 Å². The lowest BCUT2D eigenvalue weighted by Crippen LogP contribution is -2.36. The van der Waals surface area contributed by atoms with E-state index in [1.54, 1.807) is 6.07 Å². The van der Waals surface area contributed by atoms with Gasteiger partial charge in [-0.05, 0) is 58.7 Å². The Kier molecular flexibility index (Phi) is 3.82. The SMILES string of the molecule is Cc1cc(Br)c2c(c1)[C@@](O)(CC(=O)c1ccc(F)cc1)C(=O)N2. The zero-order valence-corrected chi connectivity index (χ0v) is 13.8. The van der Waals surface area contributed by atoms with E-state index in [-0.39, 0.29) is 5.56 Å². The molecule has 0 aliphatic carbocycles. The molecule has 6 heteroatoms. The maximum Gasteiger partial charge on any atom is 0.261 e. The molecule has 3 rings (SSSR count). The molecule has 0 saturated heterocycles. The molecule has 2 N–H and O–H groups in total. The molecule has 1 aliphatic heterocycles. The van der Waals surface area contributed by atoms with Gasteiger partial charge in [-0.2, -0.15) is 0 Å². The van der Waals surface area contributed by atoms with Crippen LogP contribution in [0.4, 0.5) is 10.1 Å². The van der Waals surface area contributed by atoms with E-state index in [9.17, 15) is 19.1 Å². The first-order valence-corrected chi connectivity index (χ1v) is 7.74. The van der Waals surface area contributed by atoms with Crippen molar-refractivity contribution in [1.29, 1.82) is 0 Å². The average molecular weight is 378 g/mol. The van der Waals surface area contributed by atoms with Crippen molar-refractivity contribution in [1.82, 2.24) is 0 Å². The Labute approximate surface area is 140 Å². The van der Waals surface area contributed by atoms with E-state index >= 15 is 0 Å². The number of Topliss-reactive ketones (excluding diaryl/α,β-unsaturated/α-hetero) is 1. The molecule has 0 radical (unpaired) electrons. The normalized spacial score (nSPS) is 19.4. The summed E-state index contributed by atoms with van der Waals surface area (Å²) in [6, 6.07) is 8.49. The van der Waals surface area contributed by atoms with Crippen LogP contribution in [0.3, 0.4) is 0 Å². The number of hydrogen-bond donors (Lipinski definition) is 2. The average Bonchev–Trinajstić information content (AvgIpc) is 2.73. The summed E-state index contributed by atoms with van der Waals surface area (Å²) >= 11 is 3.34. The van der Waals surface area contributed by atoms with Gasteiger partial charge in [0.15, 0.2) is 11.4 Å². The molecule has 0 bridgehead atoms. The highest BCUT2D eigenvalue weighted by Crippen LogP contribution is 2.43. The van der Waals surface area contributed by atoms with Crippen LogP contribution in [0.25, 0.3) is 0 Å². The number of fused-ring (bicyclic) bond motifs is 1. The zero-order chi connectivity index (χ0) is 16.8. The molecule has 0 aromatic heterocycles. The first-order valence-electron chi connectivity index (χ1n) is 6.94. The molecule has 0 saturated carbocycles. The number of aliphatic hydroxyl groups is 1. The summed E-state index contributed by atoms with van der Waals surface area (Å²) in [7, 11) is 0. The monoisotopic (exact) mass is 377 g/mol. The molecular weight excluding hydrogens is 365 g/mol. The summed E-state index contributed by atoms with van der Waals surface area (Å²) in [5.41, 5.74) is -0.0116. The summed E-state index contributed by atoms with van der Waals surface area (Å²) in [5, 5.41) is 13.4. The number of carbonyl (C=O) groups excluding carboxylic acids is 2. The van der Waals surface area contributed by atoms with Gasteiger partial charge in [-0.3, -0.25) is 9.59 Å². The van der Waals surface area contributed by atoms with Crippen molar-refractivity contribution in [2.45, 2.75) is 18.9 Å². The summed E-state index contributed by atoms with van der Waals surface area (Å²) in [4.78, 5) is 24.6. The van der Waals surface area contributed by atoms with E-state index < -0.39 is 29.5 Å². The quantitative estimate of drug-likeness (QED) is 0.806. The topological polar surface area (TPSA) is 66.4 Å². The molecule has 1 heterocycles. The molecule has 2 aromatic rings. The van der Waals surface area contributed by atoms with E-state index in [2.05, 4.69) is 21.2 Å². The number of amides is 1. The van der Waals surface area contributed by atoms with Crippen LogP contribution >= 0.6 is 15.9 Å². The van der Waals surface area contributed by atoms with E-state index in [0.29, 0.717) is 15.7 Å². The highest BCUT2D eigenvalue weighted by molar-refractivity contribution is 9.10. The van der Waals surface area contributed by atoms with Crippen molar-refractivity contribution in [2.24, 2.45) is 0 Å². The fraction of sp³-hybridized carbons (Fsp3) is 0.176. The number of halogens is 2. The molecule has 23 heavy (non-hydrogen) atoms. The Morgan fingerprint density at radius 1 is 1.30 bits per heavy atom. The molecule has 0 spiro atoms. The largest absolute Gasteiger partial charge is 0.375 e. The predicted molar refractivity (Wildman–Crippen MR) is 86.8 cm³/mol. The van der Waals surface area contributed by atoms with Gasteiger partial charge in [-0.1, -0.05) is 6.07 Å². The third-order valence-electron chi connectivity index (χ3n) is 3.88. The number of rotatable bonds is 3. The first-order chi connectivity index (χ1) is 10.8. The van der Waals surface area contributed by atoms with Gasteiger partial charge in [0.25, 0.3) is 5.91 Å². The minimum absolute atomic E-state index is 0.243. The van der Waals surface area contributed by atoms with Crippen molar-refractivity contribution < 1.29 is 19.1 Å². The van der Waals surface area contributed by atoms with Crippen LogP contribution in [0.2, 0.25) is 0 Å². The second-order valence-corrected chi connectivity index (χ2v) is 6.44. The molecule has 4 nitrogen and oxygen atoms in total. The van der Waals surface area contributed by atoms with E-state index in [0.717, 1.165) is 5.56 Å². The first kappa shape index (κ1) is 15.8. The molecular formula is C17H13BrFNO3. The van der Waals surface area contributed by atoms with E-state index in [1.807, 2.05) is 13.0 Å². The van der Waals surface area contributed by atoms with Crippen LogP contribution in [0.5, 0.6) is 0 Å². The summed E-state index contributed by atoms with van der Waals surface area (Å²) < 4.78 is 13.6. The number of hydrogen-bond acceptors (Lipinski definition) is 3. The predicted octanol–water partition coefficient (Wildman–Crippen LogP) is 3.31. The molecule has 0 fully saturated rings. The van der Waals surface area contributed by atoms with Gasteiger partial charge in [-0.15, -0.1) is 0 Å². The second kappa shape index (κ2) is 5.54. The Morgan fingerprint density at radius 2 is 1.96 bits per heavy atom. The Bertz CT molecular complexity index is 819. The molecule has 2 aromatic carbocycles. The number of nitrogens with one attached hydrogen (secondary N) is 1. The van der Waals surface area contributed by atoms with Gasteiger partial charge in [0.2, 0.25) is 0 Å². The van der Waals surface area contributed by atoms with Crippen LogP contribution < -0.4 is 5.32 Å². The highest BCUT2D eigenvalue weighted by atomic mass is 79.9. The van der Waals surface area contributed by atoms with Crippen molar-refractivity contribution in [2.75, 3.05) is 5.32 Å². The van der Waals surface area contributed by atoms with E-state index in [4.69, 9.17) is 0 Å². The Morgan fingerprint density at radius 3 is 2.61 bits per heavy atom. The van der Waals surface area contributed by atoms with Gasteiger partial charge in [0.05, 0.1) is 12.1 Å². The van der Waals surface area contributed by atoms with Crippen molar-refractivity contribution in [3.63, 3.8) is 0 Å². The third-order valence-corrected chi connectivity index (χ3v) is 4.50. The molecule has 1 atom stereocenters. The van der Waals surface area contributed by atoms with Gasteiger partial charge in [0.1, 0.15) is 5.82 Å². The Balaban J connectivity index is 1.98. The third kappa shape index (κ3) is 2.68. The van der Waals surface area contributed by atoms with Crippen LogP contribution in [0.1, 0.15) is 27.9 Å². The lowest BCUT2D eigenvalue weighted by Gasteiger charge is -2.20. The van der Waals surface area contributed by atoms with E-state index in [1.165, 1.54) is 24.3 Å². The van der Waals surface area contributed by atoms with Crippen LogP contribution in [0.15, 0.2) is 40.9 Å². The van der Waals surface area contributed by atoms with Gasteiger partial charge in [-0.25, -0.2) is 4.39 Å². The van der Waals surface area contributed by atoms with Crippen LogP contribution in [-0.2, 0) is 10.4 Å². The van der Waals surface area contributed by atoms with Crippen molar-refractivity contribution in [3.05, 3.63) is 63.4 Å². The smallest absolute Gasteiger partial charge is 0.261 e. The summed E-state index contributed by atoms with van der Waals surface area (Å²) in [6.45, 7) is 1.83. The lowest BCUT2D eigenvalue weighted by atomic mass is 9.87. The number of benzene rings is 2. The fourth-order valence-electron chi connectivity index (χ4n) is 2.68. The maximum absolute atomic E-state index is 12.9. The number of anilines is 1. The lowest BCUT2D eigenvalue weighted by molar-refractivity contribution is -0.133. The second-order valence-electron chi connectivity index (χ2n) is 5.59. The summed E-state index contributed by atoms with van der Waals surface area (Å²) in [6.07, 6.45) is -0.409. The fourth-order valence-corrected chi connectivity index (χ4v) is 3.35. The van der Waals surface area contributed by atoms with Crippen molar-refractivity contribution >= 4 is 33.3 Å². The highest BCUT2D eigenvalue weighted by Gasteiger charge is 2.47. The minimum Gasteiger partial charge on any atom is -0.375 e. The maximum atomic E-state index is 12.9. The molecule has 1 aliphatic rings. The molecule has 0 unspecified atom stereocenters. The number of ketones is 1. The number of carbonyl (C=O) groups is 2. The van der Waals surface area contributed by atoms with Crippen LogP contribution in [0, 0.1) is 12.7 Å². The zero-order valence-electron chi connectivity index (χ0n) is 12.2. The van der Waals surface area contributed by atoms with Gasteiger partial charge < -0.3 is 10.4 Å². The number of aryl methyl sites for hydroxylation is 1. The van der Waals surface area contributed by atoms with Gasteiger partial charge >= 0.3 is 0 Å². The van der Waals surface area contributed by atoms with Crippen LogP contribution in [-0.4, -0.2) is 16.8 Å². The molecule has 118 valence electrons. The van der Waals surface area contributed by atoms with Crippen molar-refractivity contribution in [3.8, 4) is 0 Å². The standard InChI is InChI=1S/C17H13BrFNO3/c1-9-6-12-15(13(18)7-9)20-16(22)17(12,23)8-14(21)10-2-4-11(19)5-3-10/h2-7,23H,8H2,1H3,(H,20,22)/t17-/m0/s1. The minimum atomic E-state index is -1.94. The Hall–Kier alpha value is -2.05. The summed E-state index contributed by atoms with van der Waals surface area (Å²) in [5.74, 6) is -1.54. The molecule has 1 amide bonds.